The average molecular weight is 271 g/mol. The van der Waals surface area contributed by atoms with Gasteiger partial charge in [0, 0.05) is 25.9 Å². The molecule has 1 fully saturated rings. The van der Waals surface area contributed by atoms with Crippen molar-refractivity contribution in [1.29, 1.82) is 0 Å². The van der Waals surface area contributed by atoms with Crippen LogP contribution in [0, 0.1) is 0 Å². The van der Waals surface area contributed by atoms with Crippen molar-refractivity contribution in [2.24, 2.45) is 5.73 Å². The predicted molar refractivity (Wildman–Crippen MR) is 73.0 cm³/mol. The van der Waals surface area contributed by atoms with E-state index in [0.29, 0.717) is 0 Å². The normalized spacial score (nSPS) is 15.9. The standard InChI is InChI=1S/C13H18N2O2.ClH/c14-10-13(16)15-8-6-12(7-9-15)17-11-4-2-1-3-5-11;/h1-5,12H,6-10,14H2;1H. The molecule has 1 aliphatic heterocycles. The monoisotopic (exact) mass is 270 g/mol. The highest BCUT2D eigenvalue weighted by molar-refractivity contribution is 5.85. The first kappa shape index (κ1) is 14.8. The number of hydrogen-bond acceptors (Lipinski definition) is 3. The Morgan fingerprint density at radius 2 is 1.89 bits per heavy atom. The van der Waals surface area contributed by atoms with Gasteiger partial charge >= 0.3 is 0 Å². The second kappa shape index (κ2) is 7.24. The van der Waals surface area contributed by atoms with Gasteiger partial charge in [-0.1, -0.05) is 18.2 Å². The average Bonchev–Trinajstić information content (AvgIpc) is 2.40. The van der Waals surface area contributed by atoms with Gasteiger partial charge in [0.25, 0.3) is 0 Å². The molecule has 100 valence electrons. The summed E-state index contributed by atoms with van der Waals surface area (Å²) in [5.41, 5.74) is 5.34. The highest BCUT2D eigenvalue weighted by Crippen LogP contribution is 2.18. The number of rotatable bonds is 3. The second-order valence-electron chi connectivity index (χ2n) is 4.22. The Morgan fingerprint density at radius 3 is 2.44 bits per heavy atom. The van der Waals surface area contributed by atoms with E-state index in [1.807, 2.05) is 35.2 Å². The van der Waals surface area contributed by atoms with Gasteiger partial charge in [-0.25, -0.2) is 0 Å². The lowest BCUT2D eigenvalue weighted by molar-refractivity contribution is -0.131. The molecule has 0 radical (unpaired) electrons. The molecule has 5 heteroatoms. The molecule has 1 heterocycles. The van der Waals surface area contributed by atoms with Gasteiger partial charge < -0.3 is 15.4 Å². The van der Waals surface area contributed by atoms with Gasteiger partial charge in [0.1, 0.15) is 11.9 Å². The maximum atomic E-state index is 11.4. The van der Waals surface area contributed by atoms with Crippen molar-refractivity contribution in [2.45, 2.75) is 18.9 Å². The van der Waals surface area contributed by atoms with Crippen LogP contribution in [0.15, 0.2) is 30.3 Å². The minimum Gasteiger partial charge on any atom is -0.490 e. The molecule has 1 aliphatic rings. The van der Waals surface area contributed by atoms with E-state index in [4.69, 9.17) is 10.5 Å². The van der Waals surface area contributed by atoms with Crippen molar-refractivity contribution in [3.63, 3.8) is 0 Å². The van der Waals surface area contributed by atoms with Crippen LogP contribution >= 0.6 is 12.4 Å². The number of carbonyl (C=O) groups is 1. The minimum absolute atomic E-state index is 0. The van der Waals surface area contributed by atoms with Crippen molar-refractivity contribution in [2.75, 3.05) is 19.6 Å². The lowest BCUT2D eigenvalue weighted by Crippen LogP contribution is -2.44. The van der Waals surface area contributed by atoms with Crippen LogP contribution in [0.3, 0.4) is 0 Å². The maximum absolute atomic E-state index is 11.4. The van der Waals surface area contributed by atoms with Crippen LogP contribution in [0.1, 0.15) is 12.8 Å². The summed E-state index contributed by atoms with van der Waals surface area (Å²) in [4.78, 5) is 13.2. The largest absolute Gasteiger partial charge is 0.490 e. The van der Waals surface area contributed by atoms with Gasteiger partial charge in [-0.2, -0.15) is 0 Å². The molecule has 2 N–H and O–H groups in total. The minimum atomic E-state index is 0. The maximum Gasteiger partial charge on any atom is 0.236 e. The van der Waals surface area contributed by atoms with Crippen molar-refractivity contribution in [3.8, 4) is 5.75 Å². The lowest BCUT2D eigenvalue weighted by atomic mass is 10.1. The Labute approximate surface area is 114 Å². The molecule has 2 rings (SSSR count). The molecule has 0 unspecified atom stereocenters. The SMILES string of the molecule is Cl.NCC(=O)N1CCC(Oc2ccccc2)CC1. The smallest absolute Gasteiger partial charge is 0.236 e. The van der Waals surface area contributed by atoms with Crippen LogP contribution in [-0.2, 0) is 4.79 Å². The Kier molecular flexibility index (Phi) is 5.95. The molecule has 0 aliphatic carbocycles. The quantitative estimate of drug-likeness (QED) is 0.904. The molecule has 0 atom stereocenters. The van der Waals surface area contributed by atoms with Gasteiger partial charge in [0.15, 0.2) is 0 Å². The molecule has 1 aromatic rings. The fourth-order valence-electron chi connectivity index (χ4n) is 2.04. The van der Waals surface area contributed by atoms with Crippen molar-refractivity contribution in [3.05, 3.63) is 30.3 Å². The van der Waals surface area contributed by atoms with Gasteiger partial charge in [-0.3, -0.25) is 4.79 Å². The summed E-state index contributed by atoms with van der Waals surface area (Å²) < 4.78 is 5.85. The summed E-state index contributed by atoms with van der Waals surface area (Å²) in [5, 5.41) is 0. The van der Waals surface area contributed by atoms with E-state index >= 15 is 0 Å². The highest BCUT2D eigenvalue weighted by Gasteiger charge is 2.22. The number of hydrogen-bond donors (Lipinski definition) is 1. The fourth-order valence-corrected chi connectivity index (χ4v) is 2.04. The number of benzene rings is 1. The molecular weight excluding hydrogens is 252 g/mol. The zero-order chi connectivity index (χ0) is 12.1. The first-order valence-electron chi connectivity index (χ1n) is 5.99. The molecule has 0 saturated carbocycles. The van der Waals surface area contributed by atoms with Crippen LogP contribution in [0.5, 0.6) is 5.75 Å². The van der Waals surface area contributed by atoms with E-state index in [9.17, 15) is 4.79 Å². The predicted octanol–water partition coefficient (Wildman–Crippen LogP) is 1.44. The summed E-state index contributed by atoms with van der Waals surface area (Å²) >= 11 is 0. The molecule has 0 spiro atoms. The van der Waals surface area contributed by atoms with Crippen LogP contribution in [0.2, 0.25) is 0 Å². The number of nitrogens with zero attached hydrogens (tertiary/aromatic N) is 1. The number of halogens is 1. The number of carbonyl (C=O) groups excluding carboxylic acids is 1. The van der Waals surface area contributed by atoms with Gasteiger partial charge in [0.05, 0.1) is 6.54 Å². The number of amides is 1. The molecule has 18 heavy (non-hydrogen) atoms. The first-order chi connectivity index (χ1) is 8.29. The number of para-hydroxylation sites is 1. The molecular formula is C13H19ClN2O2. The molecule has 4 nitrogen and oxygen atoms in total. The van der Waals surface area contributed by atoms with E-state index in [1.165, 1.54) is 0 Å². The lowest BCUT2D eigenvalue weighted by Gasteiger charge is -2.32. The third-order valence-electron chi connectivity index (χ3n) is 3.02. The molecule has 1 amide bonds. The van der Waals surface area contributed by atoms with Gasteiger partial charge in [0.2, 0.25) is 5.91 Å². The molecule has 0 aromatic heterocycles. The Morgan fingerprint density at radius 1 is 1.28 bits per heavy atom. The zero-order valence-corrected chi connectivity index (χ0v) is 11.1. The van der Waals surface area contributed by atoms with Crippen molar-refractivity contribution >= 4 is 18.3 Å². The molecule has 0 bridgehead atoms. The fraction of sp³-hybridized carbons (Fsp3) is 0.462. The third kappa shape index (κ3) is 3.89. The summed E-state index contributed by atoms with van der Waals surface area (Å²) in [7, 11) is 0. The van der Waals surface area contributed by atoms with Gasteiger partial charge in [-0.05, 0) is 12.1 Å². The van der Waals surface area contributed by atoms with E-state index in [2.05, 4.69) is 0 Å². The number of piperidine rings is 1. The van der Waals surface area contributed by atoms with E-state index in [1.54, 1.807) is 0 Å². The van der Waals surface area contributed by atoms with Crippen LogP contribution in [0.25, 0.3) is 0 Å². The third-order valence-corrected chi connectivity index (χ3v) is 3.02. The van der Waals surface area contributed by atoms with E-state index in [-0.39, 0.29) is 31.0 Å². The first-order valence-corrected chi connectivity index (χ1v) is 5.99. The summed E-state index contributed by atoms with van der Waals surface area (Å²) in [6, 6.07) is 9.80. The number of ether oxygens (including phenoxy) is 1. The Hall–Kier alpha value is -1.26. The number of likely N-dealkylation sites (tertiary alicyclic amines) is 1. The van der Waals surface area contributed by atoms with Crippen LogP contribution in [0.4, 0.5) is 0 Å². The number of nitrogens with two attached hydrogens (primary N) is 1. The summed E-state index contributed by atoms with van der Waals surface area (Å²) in [6.07, 6.45) is 1.96. The topological polar surface area (TPSA) is 55.6 Å². The Balaban J connectivity index is 0.00000162. The zero-order valence-electron chi connectivity index (χ0n) is 10.2. The van der Waals surface area contributed by atoms with E-state index in [0.717, 1.165) is 31.7 Å². The Bertz CT molecular complexity index is 365. The molecule has 1 saturated heterocycles. The molecule has 1 aromatic carbocycles. The van der Waals surface area contributed by atoms with Crippen molar-refractivity contribution < 1.29 is 9.53 Å². The van der Waals surface area contributed by atoms with Crippen LogP contribution in [-0.4, -0.2) is 36.5 Å². The summed E-state index contributed by atoms with van der Waals surface area (Å²) in [6.45, 7) is 1.59. The second-order valence-corrected chi connectivity index (χ2v) is 4.22. The van der Waals surface area contributed by atoms with Crippen LogP contribution < -0.4 is 10.5 Å². The highest BCUT2D eigenvalue weighted by atomic mass is 35.5. The van der Waals surface area contributed by atoms with Gasteiger partial charge in [-0.15, -0.1) is 12.4 Å². The van der Waals surface area contributed by atoms with E-state index < -0.39 is 0 Å². The van der Waals surface area contributed by atoms with Crippen molar-refractivity contribution in [1.82, 2.24) is 4.90 Å². The summed E-state index contributed by atoms with van der Waals surface area (Å²) in [5.74, 6) is 0.930.